The van der Waals surface area contributed by atoms with E-state index in [0.717, 1.165) is 12.1 Å². The van der Waals surface area contributed by atoms with Crippen molar-refractivity contribution in [2.45, 2.75) is 26.3 Å². The number of benzene rings is 1. The van der Waals surface area contributed by atoms with Crippen molar-refractivity contribution in [3.8, 4) is 0 Å². The van der Waals surface area contributed by atoms with Crippen LogP contribution in [0.1, 0.15) is 20.8 Å². The van der Waals surface area contributed by atoms with E-state index in [2.05, 4.69) is 15.9 Å². The number of hydrogen-bond acceptors (Lipinski definition) is 4. The Morgan fingerprint density at radius 2 is 2.10 bits per heavy atom. The fraction of sp³-hybridized carbons (Fsp3) is 0.417. The van der Waals surface area contributed by atoms with Crippen LogP contribution in [0.5, 0.6) is 0 Å². The highest BCUT2D eigenvalue weighted by Crippen LogP contribution is 2.36. The summed E-state index contributed by atoms with van der Waals surface area (Å²) in [7, 11) is 0. The molecule has 1 N–H and O–H groups in total. The number of likely N-dealkylation sites (N-methyl/N-ethyl adjacent to an activating group) is 1. The Morgan fingerprint density at radius 1 is 1.55 bits per heavy atom. The van der Waals surface area contributed by atoms with Gasteiger partial charge >= 0.3 is 5.97 Å². The first-order valence-electron chi connectivity index (χ1n) is 5.77. The first-order valence-corrected chi connectivity index (χ1v) is 6.56. The summed E-state index contributed by atoms with van der Waals surface area (Å²) in [6, 6.07) is 2.00. The van der Waals surface area contributed by atoms with Gasteiger partial charge in [-0.1, -0.05) is 0 Å². The van der Waals surface area contributed by atoms with E-state index in [1.54, 1.807) is 6.92 Å². The van der Waals surface area contributed by atoms with Crippen LogP contribution < -0.4 is 4.90 Å². The van der Waals surface area contributed by atoms with Gasteiger partial charge in [-0.05, 0) is 36.7 Å². The second kappa shape index (κ2) is 5.74. The van der Waals surface area contributed by atoms with Crippen LogP contribution in [0.4, 0.5) is 15.8 Å². The van der Waals surface area contributed by atoms with E-state index >= 15 is 0 Å². The number of carboxylic acid groups (broad SMARTS) is 1. The highest BCUT2D eigenvalue weighted by atomic mass is 79.9. The van der Waals surface area contributed by atoms with Crippen LogP contribution in [0.25, 0.3) is 0 Å². The van der Waals surface area contributed by atoms with Crippen molar-refractivity contribution in [2.24, 2.45) is 0 Å². The van der Waals surface area contributed by atoms with Gasteiger partial charge in [0.15, 0.2) is 0 Å². The molecule has 0 aliphatic heterocycles. The minimum absolute atomic E-state index is 0.0443. The van der Waals surface area contributed by atoms with Gasteiger partial charge in [0, 0.05) is 18.7 Å². The number of aliphatic carboxylic acids is 1. The second-order valence-electron chi connectivity index (χ2n) is 4.62. The minimum atomic E-state index is -1.40. The lowest BCUT2D eigenvalue weighted by Crippen LogP contribution is -2.50. The summed E-state index contributed by atoms with van der Waals surface area (Å²) in [5.41, 5.74) is -1.82. The molecule has 0 saturated heterocycles. The highest BCUT2D eigenvalue weighted by molar-refractivity contribution is 9.10. The molecule has 0 spiro atoms. The van der Waals surface area contributed by atoms with Crippen molar-refractivity contribution >= 4 is 33.3 Å². The SMILES string of the molecule is CCN(c1cc(F)c(Br)cc1[N+](=O)[O-])C(C)(C)C(=O)O. The number of rotatable bonds is 5. The number of nitro benzene ring substituents is 1. The van der Waals surface area contributed by atoms with Crippen molar-refractivity contribution < 1.29 is 19.2 Å². The molecule has 0 aliphatic rings. The Labute approximate surface area is 123 Å². The quantitative estimate of drug-likeness (QED) is 0.652. The first kappa shape index (κ1) is 16.4. The molecule has 0 saturated carbocycles. The lowest BCUT2D eigenvalue weighted by atomic mass is 10.0. The average Bonchev–Trinajstić information content (AvgIpc) is 2.33. The standard InChI is InChI=1S/C12H14BrFN2O4/c1-4-15(12(2,3)11(17)18)9-6-8(14)7(13)5-10(9)16(19)20/h5-6H,4H2,1-3H3,(H,17,18). The molecule has 1 aromatic rings. The van der Waals surface area contributed by atoms with E-state index in [1.807, 2.05) is 0 Å². The van der Waals surface area contributed by atoms with Gasteiger partial charge in [0.05, 0.1) is 9.40 Å². The van der Waals surface area contributed by atoms with Gasteiger partial charge in [-0.2, -0.15) is 0 Å². The number of nitro groups is 1. The number of nitrogens with zero attached hydrogens (tertiary/aromatic N) is 2. The minimum Gasteiger partial charge on any atom is -0.480 e. The zero-order valence-electron chi connectivity index (χ0n) is 11.2. The largest absolute Gasteiger partial charge is 0.480 e. The molecule has 0 fully saturated rings. The van der Waals surface area contributed by atoms with Gasteiger partial charge in [-0.25, -0.2) is 9.18 Å². The Bertz CT molecular complexity index is 563. The smallest absolute Gasteiger partial charge is 0.328 e. The Kier molecular flexibility index (Phi) is 4.69. The molecule has 6 nitrogen and oxygen atoms in total. The van der Waals surface area contributed by atoms with Gasteiger partial charge < -0.3 is 10.0 Å². The van der Waals surface area contributed by atoms with Crippen LogP contribution in [-0.2, 0) is 4.79 Å². The molecule has 0 aliphatic carbocycles. The zero-order valence-corrected chi connectivity index (χ0v) is 12.8. The predicted molar refractivity (Wildman–Crippen MR) is 75.5 cm³/mol. The van der Waals surface area contributed by atoms with Crippen molar-refractivity contribution in [3.63, 3.8) is 0 Å². The molecule has 8 heteroatoms. The molecule has 0 aromatic heterocycles. The molecule has 0 amide bonds. The van der Waals surface area contributed by atoms with Crippen LogP contribution >= 0.6 is 15.9 Å². The van der Waals surface area contributed by atoms with E-state index in [9.17, 15) is 24.4 Å². The summed E-state index contributed by atoms with van der Waals surface area (Å²) in [6.07, 6.45) is 0. The van der Waals surface area contributed by atoms with Gasteiger partial charge in [-0.3, -0.25) is 10.1 Å². The van der Waals surface area contributed by atoms with Crippen LogP contribution in [0.2, 0.25) is 0 Å². The van der Waals surface area contributed by atoms with Crippen molar-refractivity contribution in [1.29, 1.82) is 0 Å². The molecule has 1 aromatic carbocycles. The predicted octanol–water partition coefficient (Wildman–Crippen LogP) is 3.19. The van der Waals surface area contributed by atoms with E-state index in [1.165, 1.54) is 18.7 Å². The number of hydrogen-bond donors (Lipinski definition) is 1. The summed E-state index contributed by atoms with van der Waals surface area (Å²) in [4.78, 5) is 23.0. The average molecular weight is 349 g/mol. The Balaban J connectivity index is 3.53. The summed E-state index contributed by atoms with van der Waals surface area (Å²) < 4.78 is 13.6. The van der Waals surface area contributed by atoms with Gasteiger partial charge in [0.25, 0.3) is 5.69 Å². The fourth-order valence-electron chi connectivity index (χ4n) is 1.87. The zero-order chi connectivity index (χ0) is 15.7. The van der Waals surface area contributed by atoms with Crippen LogP contribution in [-0.4, -0.2) is 28.1 Å². The number of carboxylic acids is 1. The number of carbonyl (C=O) groups is 1. The first-order chi connectivity index (χ1) is 9.12. The third-order valence-corrected chi connectivity index (χ3v) is 3.63. The lowest BCUT2D eigenvalue weighted by Gasteiger charge is -2.35. The van der Waals surface area contributed by atoms with Crippen LogP contribution in [0.15, 0.2) is 16.6 Å². The van der Waals surface area contributed by atoms with Crippen molar-refractivity contribution in [2.75, 3.05) is 11.4 Å². The third-order valence-electron chi connectivity index (χ3n) is 3.02. The van der Waals surface area contributed by atoms with Gasteiger partial charge in [0.1, 0.15) is 17.0 Å². The van der Waals surface area contributed by atoms with E-state index in [-0.39, 0.29) is 22.4 Å². The highest BCUT2D eigenvalue weighted by Gasteiger charge is 2.37. The molecule has 20 heavy (non-hydrogen) atoms. The summed E-state index contributed by atoms with van der Waals surface area (Å²) in [6.45, 7) is 4.64. The summed E-state index contributed by atoms with van der Waals surface area (Å²) in [5.74, 6) is -1.85. The molecule has 0 heterocycles. The summed E-state index contributed by atoms with van der Waals surface area (Å²) in [5, 5.41) is 20.3. The van der Waals surface area contributed by atoms with Crippen molar-refractivity contribution in [1.82, 2.24) is 0 Å². The molecular formula is C12H14BrFN2O4. The molecule has 0 atom stereocenters. The molecule has 0 bridgehead atoms. The monoisotopic (exact) mass is 348 g/mol. The van der Waals surface area contributed by atoms with Gasteiger partial charge in [0.2, 0.25) is 0 Å². The molecule has 1 rings (SSSR count). The summed E-state index contributed by atoms with van der Waals surface area (Å²) >= 11 is 2.88. The second-order valence-corrected chi connectivity index (χ2v) is 5.47. The molecular weight excluding hydrogens is 335 g/mol. The van der Waals surface area contributed by atoms with Crippen molar-refractivity contribution in [3.05, 3.63) is 32.5 Å². The van der Waals surface area contributed by atoms with E-state index in [0.29, 0.717) is 0 Å². The Morgan fingerprint density at radius 3 is 2.50 bits per heavy atom. The topological polar surface area (TPSA) is 83.7 Å². The fourth-order valence-corrected chi connectivity index (χ4v) is 2.20. The lowest BCUT2D eigenvalue weighted by molar-refractivity contribution is -0.384. The maximum atomic E-state index is 13.7. The number of anilines is 1. The maximum Gasteiger partial charge on any atom is 0.328 e. The third kappa shape index (κ3) is 2.90. The molecule has 0 unspecified atom stereocenters. The van der Waals surface area contributed by atoms with E-state index < -0.39 is 22.2 Å². The molecule has 0 radical (unpaired) electrons. The normalized spacial score (nSPS) is 11.2. The number of halogens is 2. The van der Waals surface area contributed by atoms with Gasteiger partial charge in [-0.15, -0.1) is 0 Å². The maximum absolute atomic E-state index is 13.7. The van der Waals surface area contributed by atoms with Crippen LogP contribution in [0, 0.1) is 15.9 Å². The van der Waals surface area contributed by atoms with Crippen LogP contribution in [0.3, 0.4) is 0 Å². The molecule has 110 valence electrons. The van der Waals surface area contributed by atoms with E-state index in [4.69, 9.17) is 0 Å². The Hall–Kier alpha value is -1.70.